The molecule has 1 aromatic rings. The summed E-state index contributed by atoms with van der Waals surface area (Å²) in [7, 11) is 1.20. The molecule has 4 rings (SSSR count). The lowest BCUT2D eigenvalue weighted by Gasteiger charge is -2.41. The lowest BCUT2D eigenvalue weighted by Crippen LogP contribution is -2.49. The summed E-state index contributed by atoms with van der Waals surface area (Å²) in [4.78, 5) is 44.9. The molecule has 236 valence electrons. The second-order valence-electron chi connectivity index (χ2n) is 12.4. The van der Waals surface area contributed by atoms with Crippen LogP contribution in [0.15, 0.2) is 23.7 Å². The number of carboxylic acid groups (broad SMARTS) is 1. The van der Waals surface area contributed by atoms with Crippen molar-refractivity contribution in [2.45, 2.75) is 88.6 Å². The Bertz CT molecular complexity index is 1320. The number of ether oxygens (including phenoxy) is 1. The summed E-state index contributed by atoms with van der Waals surface area (Å²) < 4.78 is 50.4. The molecular formula is C29H35Cl2F3N4O5. The van der Waals surface area contributed by atoms with Crippen LogP contribution >= 0.6 is 23.2 Å². The molecule has 0 spiro atoms. The van der Waals surface area contributed by atoms with E-state index in [0.717, 1.165) is 9.80 Å². The molecular weight excluding hydrogens is 612 g/mol. The average molecular weight is 648 g/mol. The first kappa shape index (κ1) is 33.2. The number of fused-ring (bicyclic) bond motifs is 2. The summed E-state index contributed by atoms with van der Waals surface area (Å²) in [6.07, 6.45) is 0.846. The van der Waals surface area contributed by atoms with Crippen molar-refractivity contribution < 1.29 is 37.4 Å². The van der Waals surface area contributed by atoms with Gasteiger partial charge >= 0.3 is 12.1 Å². The zero-order valence-corrected chi connectivity index (χ0v) is 25.7. The summed E-state index contributed by atoms with van der Waals surface area (Å²) in [6, 6.07) is -0.719. The van der Waals surface area contributed by atoms with E-state index in [-0.39, 0.29) is 47.8 Å². The van der Waals surface area contributed by atoms with Crippen LogP contribution in [-0.4, -0.2) is 87.3 Å². The minimum Gasteiger partial charge on any atom is -0.481 e. The number of aliphatic carboxylic acids is 1. The summed E-state index contributed by atoms with van der Waals surface area (Å²) in [5, 5.41) is 17.4. The van der Waals surface area contributed by atoms with Crippen LogP contribution in [0.1, 0.15) is 75.6 Å². The molecule has 1 aliphatic carbocycles. The van der Waals surface area contributed by atoms with Crippen molar-refractivity contribution in [1.29, 1.82) is 5.41 Å². The lowest BCUT2D eigenvalue weighted by atomic mass is 9.73. The zero-order chi connectivity index (χ0) is 32.0. The van der Waals surface area contributed by atoms with Crippen LogP contribution in [-0.2, 0) is 14.3 Å². The van der Waals surface area contributed by atoms with Gasteiger partial charge in [-0.1, -0.05) is 23.2 Å². The van der Waals surface area contributed by atoms with Gasteiger partial charge in [0.2, 0.25) is 0 Å². The van der Waals surface area contributed by atoms with Gasteiger partial charge in [0.1, 0.15) is 5.70 Å². The molecule has 0 atom stereocenters. The minimum atomic E-state index is -5.04. The molecule has 14 heteroatoms. The molecule has 2 saturated heterocycles. The molecule has 9 nitrogen and oxygen atoms in total. The number of rotatable bonds is 10. The number of aromatic nitrogens is 1. The predicted molar refractivity (Wildman–Crippen MR) is 153 cm³/mol. The van der Waals surface area contributed by atoms with Crippen LogP contribution in [0.3, 0.4) is 0 Å². The molecule has 3 fully saturated rings. The van der Waals surface area contributed by atoms with E-state index in [0.29, 0.717) is 31.9 Å². The number of nitrogens with one attached hydrogen (secondary N) is 1. The number of pyridine rings is 1. The molecule has 2 bridgehead atoms. The zero-order valence-electron chi connectivity index (χ0n) is 24.2. The molecule has 2 N–H and O–H groups in total. The van der Waals surface area contributed by atoms with Crippen LogP contribution in [0.25, 0.3) is 0 Å². The third kappa shape index (κ3) is 6.71. The SMILES string of the molecule is CN(C(=C(C=N)C(=O)N(CC(=O)c1c(Cl)cncc1Cl)CC12CCC(C)(CC1)O2)C(F)(F)F)C1CCC(C)(C(=O)O)CC1. The number of alkyl halides is 3. The van der Waals surface area contributed by atoms with Gasteiger partial charge in [0.15, 0.2) is 5.78 Å². The lowest BCUT2D eigenvalue weighted by molar-refractivity contribution is -0.151. The maximum Gasteiger partial charge on any atom is 0.431 e. The van der Waals surface area contributed by atoms with Crippen molar-refractivity contribution in [2.24, 2.45) is 5.41 Å². The number of hydrogen-bond donors (Lipinski definition) is 2. The van der Waals surface area contributed by atoms with Gasteiger partial charge in [-0.05, 0) is 65.2 Å². The smallest absolute Gasteiger partial charge is 0.431 e. The number of allylic oxidation sites excluding steroid dienone is 1. The number of nitrogens with zero attached hydrogens (tertiary/aromatic N) is 3. The van der Waals surface area contributed by atoms with Gasteiger partial charge in [-0.25, -0.2) is 0 Å². The van der Waals surface area contributed by atoms with Gasteiger partial charge in [0, 0.05) is 31.7 Å². The largest absolute Gasteiger partial charge is 0.481 e. The first-order chi connectivity index (χ1) is 19.9. The first-order valence-corrected chi connectivity index (χ1v) is 14.8. The van der Waals surface area contributed by atoms with Crippen molar-refractivity contribution in [3.05, 3.63) is 39.3 Å². The molecule has 43 heavy (non-hydrogen) atoms. The van der Waals surface area contributed by atoms with E-state index in [2.05, 4.69) is 4.98 Å². The highest BCUT2D eigenvalue weighted by molar-refractivity contribution is 6.39. The number of carbonyl (C=O) groups excluding carboxylic acids is 2. The average Bonchev–Trinajstić information content (AvgIpc) is 3.43. The maximum absolute atomic E-state index is 14.7. The van der Waals surface area contributed by atoms with Crippen molar-refractivity contribution >= 4 is 47.1 Å². The summed E-state index contributed by atoms with van der Waals surface area (Å²) in [6.45, 7) is 2.68. The van der Waals surface area contributed by atoms with Gasteiger partial charge in [-0.2, -0.15) is 13.2 Å². The Morgan fingerprint density at radius 3 is 2.09 bits per heavy atom. The quantitative estimate of drug-likeness (QED) is 0.183. The highest BCUT2D eigenvalue weighted by Gasteiger charge is 2.54. The third-order valence-corrected chi connectivity index (χ3v) is 9.86. The van der Waals surface area contributed by atoms with Gasteiger partial charge < -0.3 is 25.1 Å². The Kier molecular flexibility index (Phi) is 9.27. The van der Waals surface area contributed by atoms with E-state index >= 15 is 0 Å². The fourth-order valence-corrected chi connectivity index (χ4v) is 7.17. The minimum absolute atomic E-state index is 0.0715. The molecule has 3 aliphatic rings. The number of halogens is 5. The number of carboxylic acids is 1. The fraction of sp³-hybridized carbons (Fsp3) is 0.621. The normalized spacial score (nSPS) is 29.2. The highest BCUT2D eigenvalue weighted by atomic mass is 35.5. The number of carbonyl (C=O) groups is 3. The molecule has 2 aliphatic heterocycles. The molecule has 0 aromatic carbocycles. The predicted octanol–water partition coefficient (Wildman–Crippen LogP) is 5.93. The number of hydrogen-bond acceptors (Lipinski definition) is 7. The van der Waals surface area contributed by atoms with Crippen LogP contribution < -0.4 is 0 Å². The monoisotopic (exact) mass is 646 g/mol. The number of amides is 1. The van der Waals surface area contributed by atoms with Crippen molar-refractivity contribution in [3.8, 4) is 0 Å². The van der Waals surface area contributed by atoms with Crippen LogP contribution in [0, 0.1) is 10.8 Å². The van der Waals surface area contributed by atoms with Gasteiger partial charge in [0.25, 0.3) is 5.91 Å². The van der Waals surface area contributed by atoms with Gasteiger partial charge in [0.05, 0.1) is 50.9 Å². The number of ketones is 1. The first-order valence-electron chi connectivity index (χ1n) is 14.0. The Labute approximate surface area is 257 Å². The second-order valence-corrected chi connectivity index (χ2v) is 13.2. The highest BCUT2D eigenvalue weighted by Crippen LogP contribution is 2.51. The molecule has 1 amide bonds. The summed E-state index contributed by atoms with van der Waals surface area (Å²) >= 11 is 12.3. The van der Waals surface area contributed by atoms with E-state index in [1.54, 1.807) is 6.92 Å². The third-order valence-electron chi connectivity index (χ3n) is 9.29. The Morgan fingerprint density at radius 1 is 1.09 bits per heavy atom. The Hall–Kier alpha value is -2.70. The van der Waals surface area contributed by atoms with Crippen LogP contribution in [0.2, 0.25) is 10.0 Å². The van der Waals surface area contributed by atoms with E-state index in [1.165, 1.54) is 19.4 Å². The van der Waals surface area contributed by atoms with Gasteiger partial charge in [-0.3, -0.25) is 19.4 Å². The van der Waals surface area contributed by atoms with Crippen molar-refractivity contribution in [1.82, 2.24) is 14.8 Å². The van der Waals surface area contributed by atoms with Crippen LogP contribution in [0.4, 0.5) is 13.2 Å². The molecule has 1 aromatic heterocycles. The molecule has 0 unspecified atom stereocenters. The maximum atomic E-state index is 14.7. The summed E-state index contributed by atoms with van der Waals surface area (Å²) in [5.41, 5.74) is -4.69. The van der Waals surface area contributed by atoms with E-state index in [1.807, 2.05) is 6.92 Å². The number of Topliss-reactive ketones (excluding diaryl/α,β-unsaturated/α-hetero) is 1. The van der Waals surface area contributed by atoms with Crippen molar-refractivity contribution in [3.63, 3.8) is 0 Å². The topological polar surface area (TPSA) is 124 Å². The van der Waals surface area contributed by atoms with Gasteiger partial charge in [-0.15, -0.1) is 0 Å². The second kappa shape index (κ2) is 12.0. The van der Waals surface area contributed by atoms with Crippen LogP contribution in [0.5, 0.6) is 0 Å². The van der Waals surface area contributed by atoms with E-state index in [9.17, 15) is 32.7 Å². The molecule has 1 saturated carbocycles. The standard InChI is InChI=1S/C29H35Cl2F3N4O5/c1-26(25(41)42)6-4-17(5-7-26)37(3)23(29(32,33)34)18(12-35)24(40)38(16-28-10-8-27(2,43-28)9-11-28)15-21(39)22-19(30)13-36-14-20(22)31/h12-14,17,35H,4-11,15-16H2,1-3H3,(H,41,42). The molecule has 0 radical (unpaired) electrons. The van der Waals surface area contributed by atoms with E-state index in [4.69, 9.17) is 33.3 Å². The summed E-state index contributed by atoms with van der Waals surface area (Å²) in [5.74, 6) is -2.87. The molecule has 3 heterocycles. The Balaban J connectivity index is 1.72. The Morgan fingerprint density at radius 2 is 1.65 bits per heavy atom. The fourth-order valence-electron chi connectivity index (χ4n) is 6.60. The van der Waals surface area contributed by atoms with Crippen molar-refractivity contribution in [2.75, 3.05) is 20.1 Å². The van der Waals surface area contributed by atoms with E-state index < -0.39 is 64.3 Å².